The number of nitrogens with two attached hydrogens (primary N) is 1. The van der Waals surface area contributed by atoms with Crippen molar-refractivity contribution in [3.05, 3.63) is 35.4 Å². The predicted octanol–water partition coefficient (Wildman–Crippen LogP) is 2.63. The fourth-order valence-electron chi connectivity index (χ4n) is 2.42. The predicted molar refractivity (Wildman–Crippen MR) is 105 cm³/mol. The number of nitrogens with one attached hydrogen (secondary N) is 1. The Morgan fingerprint density at radius 2 is 2.00 bits per heavy atom. The fraction of sp³-hybridized carbons (Fsp3) is 0.529. The Morgan fingerprint density at radius 1 is 1.35 bits per heavy atom. The van der Waals surface area contributed by atoms with Crippen LogP contribution in [0.4, 0.5) is 0 Å². The van der Waals surface area contributed by atoms with Crippen LogP contribution in [0.3, 0.4) is 0 Å². The molecule has 23 heavy (non-hydrogen) atoms. The normalized spacial score (nSPS) is 16.2. The summed E-state index contributed by atoms with van der Waals surface area (Å²) in [5, 5.41) is 3.15. The first-order chi connectivity index (χ1) is 10.6. The van der Waals surface area contributed by atoms with Gasteiger partial charge < -0.3 is 16.0 Å². The van der Waals surface area contributed by atoms with Gasteiger partial charge in [-0.25, -0.2) is 4.99 Å². The number of nitrogens with zero attached hydrogens (tertiary/aromatic N) is 2. The van der Waals surface area contributed by atoms with Gasteiger partial charge in [0.2, 0.25) is 5.91 Å². The number of carbonyl (C=O) groups excluding carboxylic acids is 1. The van der Waals surface area contributed by atoms with E-state index in [1.807, 2.05) is 4.90 Å². The number of rotatable bonds is 6. The van der Waals surface area contributed by atoms with Crippen LogP contribution in [0.2, 0.25) is 0 Å². The van der Waals surface area contributed by atoms with Gasteiger partial charge in [0.25, 0.3) is 0 Å². The topological polar surface area (TPSA) is 70.7 Å². The number of carbonyl (C=O) groups is 1. The van der Waals surface area contributed by atoms with Gasteiger partial charge in [-0.05, 0) is 30.9 Å². The second-order valence-corrected chi connectivity index (χ2v) is 5.89. The number of hydrogen-bond donors (Lipinski definition) is 2. The largest absolute Gasteiger partial charge is 0.370 e. The summed E-state index contributed by atoms with van der Waals surface area (Å²) in [7, 11) is 0. The van der Waals surface area contributed by atoms with Crippen LogP contribution in [-0.4, -0.2) is 29.4 Å². The van der Waals surface area contributed by atoms with E-state index in [0.717, 1.165) is 30.5 Å². The van der Waals surface area contributed by atoms with Gasteiger partial charge in [-0.15, -0.1) is 24.0 Å². The highest BCUT2D eigenvalue weighted by Crippen LogP contribution is 2.15. The highest BCUT2D eigenvalue weighted by molar-refractivity contribution is 14.0. The molecule has 1 amide bonds. The van der Waals surface area contributed by atoms with E-state index < -0.39 is 0 Å². The molecule has 1 aromatic rings. The Balaban J connectivity index is 0.00000264. The number of guanidine groups is 1. The zero-order valence-electron chi connectivity index (χ0n) is 13.9. The second kappa shape index (κ2) is 9.75. The number of benzene rings is 1. The Bertz CT molecular complexity index is 530. The number of amides is 1. The molecule has 1 fully saturated rings. The number of hydrogen-bond acceptors (Lipinski definition) is 2. The lowest BCUT2D eigenvalue weighted by molar-refractivity contribution is -0.128. The molecule has 1 atom stereocenters. The van der Waals surface area contributed by atoms with Crippen molar-refractivity contribution < 1.29 is 4.79 Å². The van der Waals surface area contributed by atoms with E-state index in [9.17, 15) is 4.79 Å². The van der Waals surface area contributed by atoms with Crippen molar-refractivity contribution >= 4 is 35.8 Å². The van der Waals surface area contributed by atoms with Gasteiger partial charge in [-0.3, -0.25) is 4.79 Å². The van der Waals surface area contributed by atoms with E-state index in [1.165, 1.54) is 0 Å². The molecule has 128 valence electrons. The van der Waals surface area contributed by atoms with E-state index in [4.69, 9.17) is 5.73 Å². The highest BCUT2D eigenvalue weighted by atomic mass is 127. The number of likely N-dealkylation sites (tertiary alicyclic amines) is 1. The Hall–Kier alpha value is -1.31. The van der Waals surface area contributed by atoms with E-state index >= 15 is 0 Å². The molecule has 0 aliphatic carbocycles. The molecule has 1 unspecified atom stereocenters. The third-order valence-corrected chi connectivity index (χ3v) is 4.01. The van der Waals surface area contributed by atoms with Crippen LogP contribution in [0.1, 0.15) is 44.2 Å². The van der Waals surface area contributed by atoms with Crippen LogP contribution in [0.15, 0.2) is 29.3 Å². The van der Waals surface area contributed by atoms with E-state index in [2.05, 4.69) is 48.4 Å². The lowest BCUT2D eigenvalue weighted by Gasteiger charge is -2.15. The molecule has 1 aromatic carbocycles. The van der Waals surface area contributed by atoms with E-state index in [0.29, 0.717) is 31.5 Å². The summed E-state index contributed by atoms with van der Waals surface area (Å²) in [5.74, 6) is 0.749. The molecule has 1 aliphatic rings. The third-order valence-electron chi connectivity index (χ3n) is 4.01. The molecule has 2 rings (SSSR count). The molecule has 1 saturated heterocycles. The maximum Gasteiger partial charge on any atom is 0.222 e. The molecule has 0 spiro atoms. The molecule has 6 heteroatoms. The standard InChI is InChI=1S/C17H26N4O.HI/c1-3-13(2)20-17(18)19-11-14-6-8-15(9-7-14)12-21-10-4-5-16(21)22;/h6-9,13H,3-5,10-12H2,1-2H3,(H3,18,19,20);1H. The lowest BCUT2D eigenvalue weighted by atomic mass is 10.1. The smallest absolute Gasteiger partial charge is 0.222 e. The van der Waals surface area contributed by atoms with Crippen molar-refractivity contribution in [1.29, 1.82) is 0 Å². The molecule has 3 N–H and O–H groups in total. The van der Waals surface area contributed by atoms with Gasteiger partial charge in [0.1, 0.15) is 0 Å². The summed E-state index contributed by atoms with van der Waals surface area (Å²) >= 11 is 0. The van der Waals surface area contributed by atoms with Crippen LogP contribution in [0, 0.1) is 0 Å². The maximum absolute atomic E-state index is 11.6. The number of halogens is 1. The van der Waals surface area contributed by atoms with Crippen molar-refractivity contribution in [2.75, 3.05) is 6.54 Å². The molecule has 1 heterocycles. The van der Waals surface area contributed by atoms with Crippen LogP contribution < -0.4 is 11.1 Å². The molecule has 0 aromatic heterocycles. The third kappa shape index (κ3) is 6.37. The van der Waals surface area contributed by atoms with Crippen molar-refractivity contribution in [3.63, 3.8) is 0 Å². The zero-order valence-corrected chi connectivity index (χ0v) is 16.2. The summed E-state index contributed by atoms with van der Waals surface area (Å²) in [4.78, 5) is 17.9. The van der Waals surface area contributed by atoms with E-state index in [1.54, 1.807) is 0 Å². The highest BCUT2D eigenvalue weighted by Gasteiger charge is 2.19. The van der Waals surface area contributed by atoms with Crippen molar-refractivity contribution in [2.24, 2.45) is 10.7 Å². The first-order valence-corrected chi connectivity index (χ1v) is 8.00. The van der Waals surface area contributed by atoms with Gasteiger partial charge in [-0.2, -0.15) is 0 Å². The van der Waals surface area contributed by atoms with Crippen LogP contribution in [0.25, 0.3) is 0 Å². The van der Waals surface area contributed by atoms with Crippen LogP contribution >= 0.6 is 24.0 Å². The summed E-state index contributed by atoms with van der Waals surface area (Å²) in [5.41, 5.74) is 8.12. The molecular formula is C17H27IN4O. The molecule has 0 bridgehead atoms. The monoisotopic (exact) mass is 430 g/mol. The van der Waals surface area contributed by atoms with Gasteiger partial charge >= 0.3 is 0 Å². The second-order valence-electron chi connectivity index (χ2n) is 5.89. The van der Waals surface area contributed by atoms with E-state index in [-0.39, 0.29) is 29.9 Å². The Kier molecular flexibility index (Phi) is 8.36. The average Bonchev–Trinajstić information content (AvgIpc) is 2.91. The number of aliphatic imine (C=N–C) groups is 1. The first kappa shape index (κ1) is 19.7. The maximum atomic E-state index is 11.6. The van der Waals surface area contributed by atoms with Gasteiger partial charge in [0, 0.05) is 25.6 Å². The average molecular weight is 430 g/mol. The minimum atomic E-state index is 0. The van der Waals surface area contributed by atoms with Gasteiger partial charge in [0.05, 0.1) is 6.54 Å². The molecule has 0 radical (unpaired) electrons. The summed E-state index contributed by atoms with van der Waals surface area (Å²) < 4.78 is 0. The van der Waals surface area contributed by atoms with Crippen molar-refractivity contribution in [1.82, 2.24) is 10.2 Å². The molecular weight excluding hydrogens is 403 g/mol. The SMILES string of the molecule is CCC(C)NC(N)=NCc1ccc(CN2CCCC2=O)cc1.I. The summed E-state index contributed by atoms with van der Waals surface area (Å²) in [6, 6.07) is 8.57. The van der Waals surface area contributed by atoms with Crippen LogP contribution in [-0.2, 0) is 17.9 Å². The zero-order chi connectivity index (χ0) is 15.9. The van der Waals surface area contributed by atoms with Crippen molar-refractivity contribution in [3.8, 4) is 0 Å². The summed E-state index contributed by atoms with van der Waals surface area (Å²) in [6.45, 7) is 6.34. The van der Waals surface area contributed by atoms with Gasteiger partial charge in [-0.1, -0.05) is 31.2 Å². The van der Waals surface area contributed by atoms with Crippen LogP contribution in [0.5, 0.6) is 0 Å². The van der Waals surface area contributed by atoms with Crippen molar-refractivity contribution in [2.45, 2.75) is 52.2 Å². The molecule has 0 saturated carbocycles. The van der Waals surface area contributed by atoms with Gasteiger partial charge in [0.15, 0.2) is 5.96 Å². The first-order valence-electron chi connectivity index (χ1n) is 8.00. The fourth-order valence-corrected chi connectivity index (χ4v) is 2.42. The molecule has 1 aliphatic heterocycles. The summed E-state index contributed by atoms with van der Waals surface area (Å²) in [6.07, 6.45) is 2.68. The minimum Gasteiger partial charge on any atom is -0.370 e. The minimum absolute atomic E-state index is 0. The molecule has 5 nitrogen and oxygen atoms in total. The quantitative estimate of drug-likeness (QED) is 0.414. The Morgan fingerprint density at radius 3 is 2.57 bits per heavy atom. The Labute approximate surface area is 155 Å². The lowest BCUT2D eigenvalue weighted by Crippen LogP contribution is -2.38.